The number of ether oxygens (including phenoxy) is 1. The van der Waals surface area contributed by atoms with Crippen molar-refractivity contribution in [1.82, 2.24) is 0 Å². The van der Waals surface area contributed by atoms with E-state index in [1.165, 1.54) is 31.4 Å². The number of hydrogen-bond acceptors (Lipinski definition) is 5. The number of benzene rings is 3. The molecule has 0 heterocycles. The van der Waals surface area contributed by atoms with Crippen molar-refractivity contribution in [2.24, 2.45) is 0 Å². The van der Waals surface area contributed by atoms with Gasteiger partial charge in [0, 0.05) is 11.4 Å². The van der Waals surface area contributed by atoms with E-state index in [0.29, 0.717) is 17.0 Å². The SMILES string of the molecule is COc1ccc(NS(=O)(=O)c2ccc(NS(=O)(=O)Cc3ccccc3C)cc2)cc1. The molecule has 0 atom stereocenters. The summed E-state index contributed by atoms with van der Waals surface area (Å²) in [4.78, 5) is 0.0140. The summed E-state index contributed by atoms with van der Waals surface area (Å²) >= 11 is 0. The molecule has 0 spiro atoms. The molecule has 2 N–H and O–H groups in total. The molecule has 3 aromatic rings. The van der Waals surface area contributed by atoms with Crippen molar-refractivity contribution in [2.75, 3.05) is 16.6 Å². The molecule has 0 unspecified atom stereocenters. The third kappa shape index (κ3) is 5.52. The molecule has 0 aliphatic heterocycles. The van der Waals surface area contributed by atoms with Crippen LogP contribution in [0, 0.1) is 6.92 Å². The van der Waals surface area contributed by atoms with Crippen molar-refractivity contribution < 1.29 is 21.6 Å². The zero-order chi connectivity index (χ0) is 21.8. The Balaban J connectivity index is 1.71. The van der Waals surface area contributed by atoms with Gasteiger partial charge in [0.25, 0.3) is 10.0 Å². The normalized spacial score (nSPS) is 11.7. The molecular weight excluding hydrogens is 424 g/mol. The lowest BCUT2D eigenvalue weighted by atomic mass is 10.1. The summed E-state index contributed by atoms with van der Waals surface area (Å²) in [5.74, 6) is 0.443. The minimum absolute atomic E-state index is 0.0140. The van der Waals surface area contributed by atoms with Crippen molar-refractivity contribution in [3.63, 3.8) is 0 Å². The lowest BCUT2D eigenvalue weighted by Crippen LogP contribution is -2.16. The molecule has 0 aliphatic rings. The summed E-state index contributed by atoms with van der Waals surface area (Å²) < 4.78 is 60.0. The maximum absolute atomic E-state index is 12.6. The van der Waals surface area contributed by atoms with Crippen LogP contribution in [0.2, 0.25) is 0 Å². The van der Waals surface area contributed by atoms with Gasteiger partial charge in [0.05, 0.1) is 17.8 Å². The van der Waals surface area contributed by atoms with Gasteiger partial charge in [-0.05, 0) is 66.6 Å². The Hall–Kier alpha value is -3.04. The van der Waals surface area contributed by atoms with Gasteiger partial charge in [0.15, 0.2) is 0 Å². The largest absolute Gasteiger partial charge is 0.497 e. The number of sulfonamides is 2. The number of anilines is 2. The Morgan fingerprint density at radius 2 is 1.33 bits per heavy atom. The monoisotopic (exact) mass is 446 g/mol. The summed E-state index contributed by atoms with van der Waals surface area (Å²) in [6.07, 6.45) is 0. The van der Waals surface area contributed by atoms with Crippen LogP contribution in [0.25, 0.3) is 0 Å². The van der Waals surface area contributed by atoms with Gasteiger partial charge in [-0.15, -0.1) is 0 Å². The van der Waals surface area contributed by atoms with Gasteiger partial charge >= 0.3 is 0 Å². The average Bonchev–Trinajstić information content (AvgIpc) is 2.70. The van der Waals surface area contributed by atoms with Crippen molar-refractivity contribution in [3.8, 4) is 5.75 Å². The summed E-state index contributed by atoms with van der Waals surface area (Å²) in [6.45, 7) is 1.85. The molecule has 3 aromatic carbocycles. The second-order valence-electron chi connectivity index (χ2n) is 6.65. The van der Waals surface area contributed by atoms with Gasteiger partial charge in [0.2, 0.25) is 10.0 Å². The zero-order valence-corrected chi connectivity index (χ0v) is 18.1. The van der Waals surface area contributed by atoms with E-state index in [1.54, 1.807) is 36.4 Å². The molecule has 7 nitrogen and oxygen atoms in total. The van der Waals surface area contributed by atoms with E-state index in [1.807, 2.05) is 19.1 Å². The van der Waals surface area contributed by atoms with Crippen LogP contribution >= 0.6 is 0 Å². The predicted octanol–water partition coefficient (Wildman–Crippen LogP) is 3.75. The van der Waals surface area contributed by atoms with E-state index in [-0.39, 0.29) is 16.3 Å². The van der Waals surface area contributed by atoms with Gasteiger partial charge < -0.3 is 4.74 Å². The average molecular weight is 447 g/mol. The Morgan fingerprint density at radius 3 is 1.93 bits per heavy atom. The molecule has 0 radical (unpaired) electrons. The fourth-order valence-corrected chi connectivity index (χ4v) is 5.13. The van der Waals surface area contributed by atoms with Crippen LogP contribution in [-0.4, -0.2) is 23.9 Å². The highest BCUT2D eigenvalue weighted by molar-refractivity contribution is 7.92. The smallest absolute Gasteiger partial charge is 0.261 e. The first kappa shape index (κ1) is 21.7. The Bertz CT molecular complexity index is 1220. The fraction of sp³-hybridized carbons (Fsp3) is 0.143. The second-order valence-corrected chi connectivity index (χ2v) is 10.1. The van der Waals surface area contributed by atoms with Gasteiger partial charge in [-0.2, -0.15) is 0 Å². The van der Waals surface area contributed by atoms with Crippen molar-refractivity contribution in [1.29, 1.82) is 0 Å². The molecule has 9 heteroatoms. The zero-order valence-electron chi connectivity index (χ0n) is 16.5. The molecule has 0 fully saturated rings. The van der Waals surface area contributed by atoms with E-state index in [9.17, 15) is 16.8 Å². The van der Waals surface area contributed by atoms with E-state index in [4.69, 9.17) is 4.74 Å². The molecule has 0 saturated carbocycles. The number of methoxy groups -OCH3 is 1. The molecule has 0 bridgehead atoms. The minimum atomic E-state index is -3.82. The lowest BCUT2D eigenvalue weighted by Gasteiger charge is -2.11. The fourth-order valence-electron chi connectivity index (χ4n) is 2.77. The summed E-state index contributed by atoms with van der Waals surface area (Å²) in [7, 11) is -5.93. The minimum Gasteiger partial charge on any atom is -0.497 e. The third-order valence-corrected chi connectivity index (χ3v) is 7.02. The lowest BCUT2D eigenvalue weighted by molar-refractivity contribution is 0.415. The van der Waals surface area contributed by atoms with Crippen LogP contribution in [0.1, 0.15) is 11.1 Å². The first-order chi connectivity index (χ1) is 14.2. The Morgan fingerprint density at radius 1 is 0.767 bits per heavy atom. The third-order valence-electron chi connectivity index (χ3n) is 4.39. The van der Waals surface area contributed by atoms with Gasteiger partial charge in [-0.3, -0.25) is 9.44 Å². The molecular formula is C21H22N2O5S2. The van der Waals surface area contributed by atoms with Gasteiger partial charge in [-0.1, -0.05) is 24.3 Å². The van der Waals surface area contributed by atoms with Crippen LogP contribution in [-0.2, 0) is 25.8 Å². The van der Waals surface area contributed by atoms with E-state index < -0.39 is 20.0 Å². The second kappa shape index (κ2) is 8.76. The topological polar surface area (TPSA) is 102 Å². The van der Waals surface area contributed by atoms with E-state index in [0.717, 1.165) is 5.56 Å². The van der Waals surface area contributed by atoms with Crippen LogP contribution in [0.4, 0.5) is 11.4 Å². The van der Waals surface area contributed by atoms with Gasteiger partial charge in [-0.25, -0.2) is 16.8 Å². The van der Waals surface area contributed by atoms with Crippen LogP contribution in [0.15, 0.2) is 77.7 Å². The van der Waals surface area contributed by atoms with E-state index in [2.05, 4.69) is 9.44 Å². The van der Waals surface area contributed by atoms with Crippen LogP contribution < -0.4 is 14.2 Å². The Labute approximate surface area is 176 Å². The highest BCUT2D eigenvalue weighted by Gasteiger charge is 2.16. The highest BCUT2D eigenvalue weighted by Crippen LogP contribution is 2.21. The summed E-state index contributed by atoms with van der Waals surface area (Å²) in [5, 5.41) is 0. The molecule has 0 amide bonds. The quantitative estimate of drug-likeness (QED) is 0.549. The Kier molecular flexibility index (Phi) is 6.33. The number of hydrogen-bond donors (Lipinski definition) is 2. The maximum Gasteiger partial charge on any atom is 0.261 e. The first-order valence-electron chi connectivity index (χ1n) is 9.00. The molecule has 0 aliphatic carbocycles. The highest BCUT2D eigenvalue weighted by atomic mass is 32.2. The van der Waals surface area contributed by atoms with Crippen LogP contribution in [0.3, 0.4) is 0 Å². The molecule has 0 aromatic heterocycles. The van der Waals surface area contributed by atoms with Crippen molar-refractivity contribution in [3.05, 3.63) is 83.9 Å². The molecule has 30 heavy (non-hydrogen) atoms. The molecule has 0 saturated heterocycles. The number of nitrogens with one attached hydrogen (secondary N) is 2. The summed E-state index contributed by atoms with van der Waals surface area (Å²) in [5.41, 5.74) is 2.26. The summed E-state index contributed by atoms with van der Waals surface area (Å²) in [6, 6.07) is 19.2. The van der Waals surface area contributed by atoms with Crippen molar-refractivity contribution >= 4 is 31.4 Å². The maximum atomic E-state index is 12.6. The number of rotatable bonds is 8. The van der Waals surface area contributed by atoms with E-state index >= 15 is 0 Å². The molecule has 158 valence electrons. The number of aryl methyl sites for hydroxylation is 1. The standard InChI is InChI=1S/C21H22N2O5S2/c1-16-5-3-4-6-17(16)15-29(24,25)22-18-9-13-21(14-10-18)30(26,27)23-19-7-11-20(28-2)12-8-19/h3-14,22-23H,15H2,1-2H3. The van der Waals surface area contributed by atoms with Gasteiger partial charge in [0.1, 0.15) is 5.75 Å². The predicted molar refractivity (Wildman–Crippen MR) is 118 cm³/mol. The molecule has 3 rings (SSSR count). The first-order valence-corrected chi connectivity index (χ1v) is 12.1. The van der Waals surface area contributed by atoms with Crippen molar-refractivity contribution in [2.45, 2.75) is 17.6 Å². The van der Waals surface area contributed by atoms with Crippen LogP contribution in [0.5, 0.6) is 5.75 Å².